The predicted octanol–water partition coefficient (Wildman–Crippen LogP) is 11.9. The zero-order chi connectivity index (χ0) is 36.2. The molecule has 9 aromatic rings. The van der Waals surface area contributed by atoms with Crippen LogP contribution in [0, 0.1) is 0 Å². The van der Waals surface area contributed by atoms with Crippen LogP contribution in [0.25, 0.3) is 95.3 Å². The Morgan fingerprint density at radius 2 is 1.11 bits per heavy atom. The molecule has 0 saturated heterocycles. The van der Waals surface area contributed by atoms with Gasteiger partial charge in [-0.2, -0.15) is 0 Å². The highest BCUT2D eigenvalue weighted by Gasteiger charge is 2.18. The van der Waals surface area contributed by atoms with E-state index in [1.165, 1.54) is 82.3 Å². The summed E-state index contributed by atoms with van der Waals surface area (Å²) in [5, 5.41) is 6.24. The van der Waals surface area contributed by atoms with E-state index in [4.69, 9.17) is 0 Å². The summed E-state index contributed by atoms with van der Waals surface area (Å²) in [6.07, 6.45) is 12.7. The van der Waals surface area contributed by atoms with Crippen LogP contribution in [0.4, 0.5) is 0 Å². The molecule has 2 nitrogen and oxygen atoms in total. The molecule has 0 saturated carbocycles. The van der Waals surface area contributed by atoms with E-state index in [0.717, 1.165) is 17.1 Å². The number of nitrogens with zero attached hydrogens (tertiary/aromatic N) is 2. The van der Waals surface area contributed by atoms with Crippen molar-refractivity contribution in [1.29, 1.82) is 0 Å². The van der Waals surface area contributed by atoms with Crippen LogP contribution in [0.15, 0.2) is 175 Å². The van der Waals surface area contributed by atoms with Crippen LogP contribution < -0.4 is 5.46 Å². The molecular formula is C51H35BN2. The zero-order valence-corrected chi connectivity index (χ0v) is 30.2. The maximum atomic E-state index is 3.18. The number of para-hydroxylation sites is 3. The van der Waals surface area contributed by atoms with Crippen LogP contribution in [-0.4, -0.2) is 17.0 Å². The highest BCUT2D eigenvalue weighted by Crippen LogP contribution is 2.41. The van der Waals surface area contributed by atoms with Crippen LogP contribution in [0.5, 0.6) is 0 Å². The van der Waals surface area contributed by atoms with Gasteiger partial charge in [-0.05, 0) is 100 Å². The molecule has 2 heterocycles. The fourth-order valence-electron chi connectivity index (χ4n) is 8.37. The number of allylic oxidation sites excluding steroid dienone is 3. The van der Waals surface area contributed by atoms with Gasteiger partial charge in [0.2, 0.25) is 0 Å². The molecule has 7 aromatic carbocycles. The van der Waals surface area contributed by atoms with Gasteiger partial charge in [0.1, 0.15) is 7.85 Å². The van der Waals surface area contributed by atoms with Crippen molar-refractivity contribution in [2.24, 2.45) is 0 Å². The second kappa shape index (κ2) is 12.9. The first kappa shape index (κ1) is 31.7. The van der Waals surface area contributed by atoms with Gasteiger partial charge in [-0.3, -0.25) is 0 Å². The number of benzene rings is 7. The lowest BCUT2D eigenvalue weighted by atomic mass is 9.84. The number of hydrogen-bond donors (Lipinski definition) is 0. The van der Waals surface area contributed by atoms with Gasteiger partial charge in [-0.15, -0.1) is 0 Å². The molecule has 0 unspecified atom stereocenters. The monoisotopic (exact) mass is 686 g/mol. The molecule has 0 fully saturated rings. The van der Waals surface area contributed by atoms with Crippen molar-refractivity contribution in [3.63, 3.8) is 0 Å². The molecule has 2 aromatic heterocycles. The second-order valence-electron chi connectivity index (χ2n) is 14.0. The van der Waals surface area contributed by atoms with Crippen molar-refractivity contribution in [1.82, 2.24) is 9.13 Å². The van der Waals surface area contributed by atoms with Crippen molar-refractivity contribution in [3.05, 3.63) is 192 Å². The van der Waals surface area contributed by atoms with Gasteiger partial charge >= 0.3 is 0 Å². The van der Waals surface area contributed by atoms with Crippen molar-refractivity contribution in [2.45, 2.75) is 6.92 Å². The molecule has 0 amide bonds. The van der Waals surface area contributed by atoms with Crippen LogP contribution in [0.2, 0.25) is 0 Å². The fraction of sp³-hybridized carbons (Fsp3) is 0.0196. The number of aromatic nitrogens is 2. The quantitative estimate of drug-likeness (QED) is 0.0936. The van der Waals surface area contributed by atoms with Crippen molar-refractivity contribution < 1.29 is 0 Å². The van der Waals surface area contributed by atoms with Gasteiger partial charge in [0.15, 0.2) is 0 Å². The van der Waals surface area contributed by atoms with Crippen molar-refractivity contribution in [3.8, 4) is 33.6 Å². The van der Waals surface area contributed by atoms with Gasteiger partial charge in [-0.25, -0.2) is 0 Å². The van der Waals surface area contributed by atoms with Gasteiger partial charge in [-0.1, -0.05) is 138 Å². The Bertz CT molecular complexity index is 3060. The normalized spacial score (nSPS) is 12.4. The Morgan fingerprint density at radius 3 is 1.80 bits per heavy atom. The van der Waals surface area contributed by atoms with E-state index in [-0.39, 0.29) is 0 Å². The standard InChI is InChI=1S/C51H35BN2/c1-2-3-4-13-36-32-45(34-22-27-38(28-23-34)53-47-18-9-5-14-40(47)41-15-6-10-19-48(41)53)46-33-37(52)26-31-44(46)51(36)35-24-29-39(30-25-35)54-49-20-11-7-16-42(49)43-17-8-12-21-50(43)54/h2-5,7-9,11-33H,52H2,1H3/b3-2-,13-4-. The first-order valence-electron chi connectivity index (χ1n) is 18.6. The molecule has 0 N–H and O–H groups in total. The van der Waals surface area contributed by atoms with Crippen LogP contribution >= 0.6 is 0 Å². The van der Waals surface area contributed by atoms with Crippen LogP contribution in [0.3, 0.4) is 0 Å². The van der Waals surface area contributed by atoms with Crippen LogP contribution in [-0.2, 0) is 0 Å². The molecule has 0 radical (unpaired) electrons. The third-order valence-corrected chi connectivity index (χ3v) is 10.8. The number of rotatable bonds is 6. The van der Waals surface area contributed by atoms with Crippen molar-refractivity contribution >= 4 is 75.0 Å². The highest BCUT2D eigenvalue weighted by atomic mass is 15.0. The van der Waals surface area contributed by atoms with E-state index in [1.807, 2.05) is 12.2 Å². The average Bonchev–Trinajstić information content (AvgIpc) is 3.74. The Balaban J connectivity index is 1.12. The molecule has 0 bridgehead atoms. The minimum Gasteiger partial charge on any atom is -0.309 e. The van der Waals surface area contributed by atoms with E-state index >= 15 is 0 Å². The lowest BCUT2D eigenvalue weighted by Crippen LogP contribution is -2.02. The molecule has 1 aliphatic rings. The molecule has 252 valence electrons. The molecule has 3 heteroatoms. The van der Waals surface area contributed by atoms with E-state index in [1.54, 1.807) is 0 Å². The average molecular weight is 687 g/mol. The number of fused-ring (bicyclic) bond motifs is 7. The molecule has 10 rings (SSSR count). The number of hydrogen-bond acceptors (Lipinski definition) is 0. The summed E-state index contributed by atoms with van der Waals surface area (Å²) in [4.78, 5) is 0. The SMILES string of the molecule is Bc1ccc2c(-c3ccc(-n4c5ccccc5c5ccccc54)cc3)c(/C=C\C=C/C)cc(-c3ccc(-n4c5c(c6ccccc64)C=C=C=C5)cc3)c2c1. The molecule has 0 aliphatic heterocycles. The predicted molar refractivity (Wildman–Crippen MR) is 234 cm³/mol. The third kappa shape index (κ3) is 5.07. The van der Waals surface area contributed by atoms with Gasteiger partial charge in [0.05, 0.1) is 22.2 Å². The first-order chi connectivity index (χ1) is 26.7. The Kier molecular flexibility index (Phi) is 7.56. The maximum absolute atomic E-state index is 3.18. The summed E-state index contributed by atoms with van der Waals surface area (Å²) in [7, 11) is 2.18. The third-order valence-electron chi connectivity index (χ3n) is 10.8. The van der Waals surface area contributed by atoms with E-state index in [9.17, 15) is 0 Å². The summed E-state index contributed by atoms with van der Waals surface area (Å²) >= 11 is 0. The Hall–Kier alpha value is -7.02. The zero-order valence-electron chi connectivity index (χ0n) is 30.2. The lowest BCUT2D eigenvalue weighted by Gasteiger charge is -2.18. The summed E-state index contributed by atoms with van der Waals surface area (Å²) in [6, 6.07) is 53.4. The minimum absolute atomic E-state index is 1.12. The van der Waals surface area contributed by atoms with Gasteiger partial charge in [0.25, 0.3) is 0 Å². The molecular weight excluding hydrogens is 651 g/mol. The van der Waals surface area contributed by atoms with E-state index in [0.29, 0.717) is 0 Å². The van der Waals surface area contributed by atoms with E-state index < -0.39 is 0 Å². The Morgan fingerprint density at radius 1 is 0.519 bits per heavy atom. The molecule has 0 atom stereocenters. The smallest absolute Gasteiger partial charge is 0.139 e. The maximum Gasteiger partial charge on any atom is 0.139 e. The minimum atomic E-state index is 1.12. The molecule has 54 heavy (non-hydrogen) atoms. The summed E-state index contributed by atoms with van der Waals surface area (Å²) in [6.45, 7) is 2.06. The van der Waals surface area contributed by atoms with Crippen LogP contribution in [0.1, 0.15) is 23.7 Å². The summed E-state index contributed by atoms with van der Waals surface area (Å²) < 4.78 is 4.71. The van der Waals surface area contributed by atoms with E-state index in [2.05, 4.69) is 205 Å². The lowest BCUT2D eigenvalue weighted by molar-refractivity contribution is 1.11. The van der Waals surface area contributed by atoms with Crippen molar-refractivity contribution in [2.75, 3.05) is 0 Å². The topological polar surface area (TPSA) is 9.86 Å². The summed E-state index contributed by atoms with van der Waals surface area (Å²) in [5.41, 5.74) is 21.8. The fourth-order valence-corrected chi connectivity index (χ4v) is 8.37. The largest absolute Gasteiger partial charge is 0.309 e. The molecule has 0 spiro atoms. The summed E-state index contributed by atoms with van der Waals surface area (Å²) in [5.74, 6) is 0. The molecule has 1 aliphatic carbocycles. The van der Waals surface area contributed by atoms with Gasteiger partial charge < -0.3 is 9.13 Å². The first-order valence-corrected chi connectivity index (χ1v) is 18.6. The van der Waals surface area contributed by atoms with Gasteiger partial charge in [0, 0.05) is 39.2 Å². The highest BCUT2D eigenvalue weighted by molar-refractivity contribution is 6.33. The second-order valence-corrected chi connectivity index (χ2v) is 14.0. The Labute approximate surface area is 315 Å².